The highest BCUT2D eigenvalue weighted by Gasteiger charge is 2.11. The molecule has 0 fully saturated rings. The van der Waals surface area contributed by atoms with Gasteiger partial charge in [0.1, 0.15) is 0 Å². The first-order chi connectivity index (χ1) is 12.3. The number of amides is 2. The number of hydrogen-bond acceptors (Lipinski definition) is 5. The van der Waals surface area contributed by atoms with Crippen LogP contribution in [0.2, 0.25) is 0 Å². The lowest BCUT2D eigenvalue weighted by Crippen LogP contribution is -2.16. The highest BCUT2D eigenvalue weighted by molar-refractivity contribution is 7.14. The van der Waals surface area contributed by atoms with Crippen LogP contribution in [-0.2, 0) is 9.59 Å². The van der Waals surface area contributed by atoms with Gasteiger partial charge in [-0.2, -0.15) is 0 Å². The molecule has 0 aliphatic rings. The first kappa shape index (κ1) is 19.5. The summed E-state index contributed by atoms with van der Waals surface area (Å²) in [4.78, 5) is 39.8. The summed E-state index contributed by atoms with van der Waals surface area (Å²) in [5.41, 5.74) is 2.30. The molecule has 2 N–H and O–H groups in total. The molecule has 2 rings (SSSR count). The number of thiazole rings is 1. The van der Waals surface area contributed by atoms with Gasteiger partial charge in [-0.25, -0.2) is 4.98 Å². The standard InChI is InChI=1S/C19H21N3O3S/c1-11(2)16-10-26-19(21-16)22-18(25)12(3)9-17(24)20-15-7-5-14(6-8-15)13(4)23/h5-11H,1-4H3,(H,20,24)(H,21,22,25)/b12-9-. The van der Waals surface area contributed by atoms with Crippen LogP contribution in [0.5, 0.6) is 0 Å². The van der Waals surface area contributed by atoms with Crippen molar-refractivity contribution < 1.29 is 14.4 Å². The second-order valence-corrected chi connectivity index (χ2v) is 6.99. The van der Waals surface area contributed by atoms with Crippen molar-refractivity contribution in [2.24, 2.45) is 0 Å². The third-order valence-electron chi connectivity index (χ3n) is 3.60. The van der Waals surface area contributed by atoms with E-state index in [4.69, 9.17) is 0 Å². The van der Waals surface area contributed by atoms with E-state index >= 15 is 0 Å². The fourth-order valence-electron chi connectivity index (χ4n) is 2.03. The molecule has 1 heterocycles. The molecule has 1 aromatic carbocycles. The van der Waals surface area contributed by atoms with Crippen molar-refractivity contribution in [3.05, 3.63) is 52.6 Å². The van der Waals surface area contributed by atoms with E-state index in [1.165, 1.54) is 24.3 Å². The lowest BCUT2D eigenvalue weighted by Gasteiger charge is -2.05. The Morgan fingerprint density at radius 1 is 1.08 bits per heavy atom. The van der Waals surface area contributed by atoms with E-state index in [0.29, 0.717) is 16.4 Å². The maximum absolute atomic E-state index is 12.2. The summed E-state index contributed by atoms with van der Waals surface area (Å²) in [6, 6.07) is 6.55. The molecule has 7 heteroatoms. The first-order valence-corrected chi connectivity index (χ1v) is 9.01. The van der Waals surface area contributed by atoms with Crippen molar-refractivity contribution in [2.45, 2.75) is 33.6 Å². The maximum atomic E-state index is 12.2. The Balaban J connectivity index is 1.97. The van der Waals surface area contributed by atoms with Crippen molar-refractivity contribution in [1.29, 1.82) is 0 Å². The maximum Gasteiger partial charge on any atom is 0.253 e. The Labute approximate surface area is 156 Å². The number of hydrogen-bond donors (Lipinski definition) is 2. The van der Waals surface area contributed by atoms with Crippen LogP contribution in [0.3, 0.4) is 0 Å². The smallest absolute Gasteiger partial charge is 0.253 e. The Kier molecular flexibility index (Phi) is 6.41. The molecule has 136 valence electrons. The average Bonchev–Trinajstić information content (AvgIpc) is 3.04. The van der Waals surface area contributed by atoms with E-state index in [9.17, 15) is 14.4 Å². The molecule has 1 aromatic heterocycles. The molecular formula is C19H21N3O3S. The summed E-state index contributed by atoms with van der Waals surface area (Å²) in [7, 11) is 0. The molecular weight excluding hydrogens is 350 g/mol. The minimum atomic E-state index is -0.421. The van der Waals surface area contributed by atoms with Crippen LogP contribution in [0, 0.1) is 0 Å². The van der Waals surface area contributed by atoms with E-state index in [-0.39, 0.29) is 23.2 Å². The van der Waals surface area contributed by atoms with Gasteiger partial charge in [-0.15, -0.1) is 11.3 Å². The summed E-state index contributed by atoms with van der Waals surface area (Å²) in [5.74, 6) is -0.557. The van der Waals surface area contributed by atoms with Crippen LogP contribution in [0.25, 0.3) is 0 Å². The molecule has 0 bridgehead atoms. The van der Waals surface area contributed by atoms with Gasteiger partial charge in [-0.05, 0) is 44.0 Å². The Morgan fingerprint density at radius 2 is 1.73 bits per heavy atom. The minimum absolute atomic E-state index is 0.0434. The van der Waals surface area contributed by atoms with Gasteiger partial charge in [-0.3, -0.25) is 19.7 Å². The SMILES string of the molecule is CC(=O)c1ccc(NC(=O)/C=C(/C)C(=O)Nc2nc(C(C)C)cs2)cc1. The highest BCUT2D eigenvalue weighted by atomic mass is 32.1. The van der Waals surface area contributed by atoms with Crippen LogP contribution in [0.1, 0.15) is 49.7 Å². The van der Waals surface area contributed by atoms with Crippen LogP contribution < -0.4 is 10.6 Å². The fraction of sp³-hybridized carbons (Fsp3) is 0.263. The number of nitrogens with one attached hydrogen (secondary N) is 2. The summed E-state index contributed by atoms with van der Waals surface area (Å²) in [5, 5.41) is 7.75. The van der Waals surface area contributed by atoms with Crippen molar-refractivity contribution >= 4 is 39.8 Å². The third-order valence-corrected chi connectivity index (χ3v) is 4.37. The topological polar surface area (TPSA) is 88.2 Å². The molecule has 0 atom stereocenters. The molecule has 0 saturated carbocycles. The zero-order chi connectivity index (χ0) is 19.3. The van der Waals surface area contributed by atoms with Crippen LogP contribution in [0.15, 0.2) is 41.3 Å². The van der Waals surface area contributed by atoms with E-state index in [2.05, 4.69) is 15.6 Å². The fourth-order valence-corrected chi connectivity index (χ4v) is 2.90. The molecule has 0 spiro atoms. The Morgan fingerprint density at radius 3 is 2.27 bits per heavy atom. The molecule has 0 radical (unpaired) electrons. The molecule has 2 aromatic rings. The predicted molar refractivity (Wildman–Crippen MR) is 104 cm³/mol. The molecule has 0 unspecified atom stereocenters. The van der Waals surface area contributed by atoms with Gasteiger partial charge in [0, 0.05) is 28.3 Å². The van der Waals surface area contributed by atoms with Crippen molar-refractivity contribution in [1.82, 2.24) is 4.98 Å². The van der Waals surface area contributed by atoms with Gasteiger partial charge in [0.15, 0.2) is 10.9 Å². The summed E-state index contributed by atoms with van der Waals surface area (Å²) in [6.45, 7) is 7.09. The number of ketones is 1. The van der Waals surface area contributed by atoms with Gasteiger partial charge in [0.25, 0.3) is 5.91 Å². The van der Waals surface area contributed by atoms with Crippen molar-refractivity contribution in [3.8, 4) is 0 Å². The monoisotopic (exact) mass is 371 g/mol. The molecule has 0 aliphatic heterocycles. The number of nitrogens with zero attached hydrogens (tertiary/aromatic N) is 1. The highest BCUT2D eigenvalue weighted by Crippen LogP contribution is 2.21. The number of Topliss-reactive ketones (excluding diaryl/α,β-unsaturated/α-hetero) is 1. The van der Waals surface area contributed by atoms with E-state index in [1.807, 2.05) is 19.2 Å². The van der Waals surface area contributed by atoms with Crippen LogP contribution in [0.4, 0.5) is 10.8 Å². The van der Waals surface area contributed by atoms with E-state index < -0.39 is 5.91 Å². The second kappa shape index (κ2) is 8.53. The minimum Gasteiger partial charge on any atom is -0.323 e. The molecule has 26 heavy (non-hydrogen) atoms. The van der Waals surface area contributed by atoms with E-state index in [1.54, 1.807) is 31.2 Å². The third kappa shape index (κ3) is 5.35. The van der Waals surface area contributed by atoms with Gasteiger partial charge in [0.2, 0.25) is 5.91 Å². The summed E-state index contributed by atoms with van der Waals surface area (Å²) >= 11 is 1.35. The number of carbonyl (C=O) groups excluding carboxylic acids is 3. The first-order valence-electron chi connectivity index (χ1n) is 8.13. The second-order valence-electron chi connectivity index (χ2n) is 6.14. The lowest BCUT2D eigenvalue weighted by molar-refractivity contribution is -0.114. The van der Waals surface area contributed by atoms with Crippen LogP contribution in [-0.4, -0.2) is 22.6 Å². The normalized spacial score (nSPS) is 11.3. The summed E-state index contributed by atoms with van der Waals surface area (Å²) in [6.07, 6.45) is 1.23. The molecule has 6 nitrogen and oxygen atoms in total. The number of rotatable bonds is 6. The summed E-state index contributed by atoms with van der Waals surface area (Å²) < 4.78 is 0. The zero-order valence-electron chi connectivity index (χ0n) is 15.1. The van der Waals surface area contributed by atoms with Gasteiger partial charge < -0.3 is 5.32 Å². The van der Waals surface area contributed by atoms with Gasteiger partial charge in [0.05, 0.1) is 5.69 Å². The zero-order valence-corrected chi connectivity index (χ0v) is 15.9. The Bertz CT molecular complexity index is 851. The lowest BCUT2D eigenvalue weighted by atomic mass is 10.1. The largest absolute Gasteiger partial charge is 0.323 e. The van der Waals surface area contributed by atoms with Gasteiger partial charge in [-0.1, -0.05) is 13.8 Å². The predicted octanol–water partition coefficient (Wildman–Crippen LogP) is 3.99. The van der Waals surface area contributed by atoms with Crippen LogP contribution >= 0.6 is 11.3 Å². The van der Waals surface area contributed by atoms with Gasteiger partial charge >= 0.3 is 0 Å². The molecule has 2 amide bonds. The molecule has 0 aliphatic carbocycles. The molecule has 0 saturated heterocycles. The van der Waals surface area contributed by atoms with E-state index in [0.717, 1.165) is 5.69 Å². The number of benzene rings is 1. The van der Waals surface area contributed by atoms with Crippen molar-refractivity contribution in [2.75, 3.05) is 10.6 Å². The van der Waals surface area contributed by atoms with Crippen molar-refractivity contribution in [3.63, 3.8) is 0 Å². The number of carbonyl (C=O) groups is 3. The Hall–Kier alpha value is -2.80. The number of anilines is 2. The quantitative estimate of drug-likeness (QED) is 0.593. The average molecular weight is 371 g/mol. The number of aromatic nitrogens is 1.